The lowest BCUT2D eigenvalue weighted by molar-refractivity contribution is 0.122. The number of benzene rings is 1. The second kappa shape index (κ2) is 8.52. The first-order valence-corrected chi connectivity index (χ1v) is 11.6. The maximum atomic E-state index is 5.45. The highest BCUT2D eigenvalue weighted by Gasteiger charge is 2.28. The summed E-state index contributed by atoms with van der Waals surface area (Å²) in [6, 6.07) is 8.46. The minimum Gasteiger partial charge on any atom is -0.378 e. The molecule has 1 aromatic heterocycles. The molecule has 2 aromatic rings. The maximum absolute atomic E-state index is 5.45. The van der Waals surface area contributed by atoms with Gasteiger partial charge in [-0.2, -0.15) is 4.98 Å². The highest BCUT2D eigenvalue weighted by molar-refractivity contribution is 6.05. The lowest BCUT2D eigenvalue weighted by Crippen LogP contribution is -2.36. The van der Waals surface area contributed by atoms with Crippen molar-refractivity contribution in [2.45, 2.75) is 25.8 Å². The molecule has 4 heterocycles. The van der Waals surface area contributed by atoms with Gasteiger partial charge in [-0.15, -0.1) is 0 Å². The Morgan fingerprint density at radius 1 is 1.03 bits per heavy atom. The van der Waals surface area contributed by atoms with Gasteiger partial charge in [-0.05, 0) is 67.6 Å². The van der Waals surface area contributed by atoms with Crippen molar-refractivity contribution in [1.82, 2.24) is 15.3 Å². The summed E-state index contributed by atoms with van der Waals surface area (Å²) in [5.41, 5.74) is 5.88. The Balaban J connectivity index is 1.22. The van der Waals surface area contributed by atoms with Gasteiger partial charge in [-0.25, -0.2) is 4.98 Å². The Labute approximate surface area is 188 Å². The third-order valence-corrected chi connectivity index (χ3v) is 6.54. The fourth-order valence-electron chi connectivity index (χ4n) is 4.57. The summed E-state index contributed by atoms with van der Waals surface area (Å²) in [7, 11) is 0. The summed E-state index contributed by atoms with van der Waals surface area (Å²) in [6.07, 6.45) is 5.74. The summed E-state index contributed by atoms with van der Waals surface area (Å²) in [5.74, 6) is 3.15. The monoisotopic (exact) mass is 431 g/mol. The Bertz CT molecular complexity index is 1050. The first-order valence-electron chi connectivity index (χ1n) is 11.6. The number of aromatic nitrogens is 2. The van der Waals surface area contributed by atoms with Crippen molar-refractivity contribution in [1.29, 1.82) is 0 Å². The van der Waals surface area contributed by atoms with Crippen LogP contribution in [0.1, 0.15) is 24.1 Å². The third kappa shape index (κ3) is 4.20. The summed E-state index contributed by atoms with van der Waals surface area (Å²) in [4.78, 5) is 16.7. The zero-order valence-corrected chi connectivity index (χ0v) is 18.2. The van der Waals surface area contributed by atoms with Gasteiger partial charge in [0.05, 0.1) is 25.5 Å². The minimum absolute atomic E-state index is 0.610. The molecule has 8 heteroatoms. The van der Waals surface area contributed by atoms with Crippen molar-refractivity contribution in [2.75, 3.05) is 54.9 Å². The molecule has 4 aliphatic rings. The fourth-order valence-corrected chi connectivity index (χ4v) is 4.57. The van der Waals surface area contributed by atoms with Crippen LogP contribution in [0.3, 0.4) is 0 Å². The molecule has 1 saturated heterocycles. The number of nitrogens with zero attached hydrogens (tertiary/aromatic N) is 4. The van der Waals surface area contributed by atoms with Crippen LogP contribution in [0, 0.1) is 5.92 Å². The molecule has 3 N–H and O–H groups in total. The maximum Gasteiger partial charge on any atom is 0.229 e. The van der Waals surface area contributed by atoms with Gasteiger partial charge in [-0.3, -0.25) is 4.99 Å². The Morgan fingerprint density at radius 2 is 1.88 bits per heavy atom. The summed E-state index contributed by atoms with van der Waals surface area (Å²) in [5, 5.41) is 10.3. The molecule has 3 aliphatic heterocycles. The predicted octanol–water partition coefficient (Wildman–Crippen LogP) is 2.86. The molecule has 2 fully saturated rings. The number of aliphatic imine (C=N–C) groups is 1. The molecule has 0 unspecified atom stereocenters. The molecule has 1 aliphatic carbocycles. The van der Waals surface area contributed by atoms with Crippen LogP contribution in [-0.4, -0.2) is 55.2 Å². The smallest absolute Gasteiger partial charge is 0.229 e. The van der Waals surface area contributed by atoms with Gasteiger partial charge in [0.1, 0.15) is 11.7 Å². The largest absolute Gasteiger partial charge is 0.378 e. The van der Waals surface area contributed by atoms with E-state index in [9.17, 15) is 0 Å². The van der Waals surface area contributed by atoms with Crippen LogP contribution in [0.25, 0.3) is 0 Å². The summed E-state index contributed by atoms with van der Waals surface area (Å²) >= 11 is 0. The van der Waals surface area contributed by atoms with Crippen molar-refractivity contribution in [3.05, 3.63) is 47.2 Å². The summed E-state index contributed by atoms with van der Waals surface area (Å²) in [6.45, 7) is 5.96. The molecule has 32 heavy (non-hydrogen) atoms. The third-order valence-electron chi connectivity index (χ3n) is 6.54. The van der Waals surface area contributed by atoms with E-state index < -0.39 is 0 Å². The molecule has 166 valence electrons. The average Bonchev–Trinajstić information content (AvgIpc) is 3.59. The average molecular weight is 432 g/mol. The lowest BCUT2D eigenvalue weighted by Gasteiger charge is -2.29. The Kier molecular flexibility index (Phi) is 5.24. The molecule has 1 saturated carbocycles. The van der Waals surface area contributed by atoms with E-state index in [0.29, 0.717) is 5.95 Å². The first-order chi connectivity index (χ1) is 15.8. The predicted molar refractivity (Wildman–Crippen MR) is 127 cm³/mol. The molecule has 0 radical (unpaired) electrons. The number of nitrogens with one attached hydrogen (secondary N) is 3. The molecule has 0 bridgehead atoms. The van der Waals surface area contributed by atoms with Crippen molar-refractivity contribution in [3.63, 3.8) is 0 Å². The highest BCUT2D eigenvalue weighted by Crippen LogP contribution is 2.38. The zero-order valence-electron chi connectivity index (χ0n) is 18.2. The number of fused-ring (bicyclic) bond motifs is 1. The quantitative estimate of drug-likeness (QED) is 0.671. The van der Waals surface area contributed by atoms with E-state index in [1.165, 1.54) is 29.7 Å². The number of rotatable bonds is 5. The van der Waals surface area contributed by atoms with Crippen molar-refractivity contribution in [3.8, 4) is 0 Å². The molecular formula is C24H29N7O. The number of hydrogen-bond donors (Lipinski definition) is 3. The summed E-state index contributed by atoms with van der Waals surface area (Å²) < 4.78 is 5.45. The van der Waals surface area contributed by atoms with E-state index >= 15 is 0 Å². The lowest BCUT2D eigenvalue weighted by atomic mass is 10.1. The van der Waals surface area contributed by atoms with Gasteiger partial charge in [0.25, 0.3) is 0 Å². The van der Waals surface area contributed by atoms with E-state index in [0.717, 1.165) is 81.3 Å². The number of ether oxygens (including phenoxy) is 1. The molecule has 0 amide bonds. The van der Waals surface area contributed by atoms with Crippen LogP contribution in [0.2, 0.25) is 0 Å². The van der Waals surface area contributed by atoms with Crippen LogP contribution in [0.4, 0.5) is 23.1 Å². The molecular weight excluding hydrogens is 402 g/mol. The molecule has 8 nitrogen and oxygen atoms in total. The van der Waals surface area contributed by atoms with E-state index in [2.05, 4.69) is 51.2 Å². The van der Waals surface area contributed by atoms with E-state index in [1.807, 2.05) is 0 Å². The van der Waals surface area contributed by atoms with Crippen molar-refractivity contribution in [2.24, 2.45) is 10.9 Å². The molecule has 0 spiro atoms. The van der Waals surface area contributed by atoms with Gasteiger partial charge >= 0.3 is 0 Å². The van der Waals surface area contributed by atoms with Gasteiger partial charge in [-0.1, -0.05) is 0 Å². The minimum atomic E-state index is 0.610. The van der Waals surface area contributed by atoms with Gasteiger partial charge in [0.15, 0.2) is 0 Å². The van der Waals surface area contributed by atoms with Crippen LogP contribution in [0.5, 0.6) is 0 Å². The van der Waals surface area contributed by atoms with E-state index in [-0.39, 0.29) is 0 Å². The van der Waals surface area contributed by atoms with Gasteiger partial charge in [0, 0.05) is 36.6 Å². The van der Waals surface area contributed by atoms with Crippen molar-refractivity contribution < 1.29 is 4.74 Å². The van der Waals surface area contributed by atoms with Gasteiger partial charge < -0.3 is 25.6 Å². The number of anilines is 4. The van der Waals surface area contributed by atoms with Crippen molar-refractivity contribution >= 4 is 29.0 Å². The first kappa shape index (κ1) is 19.7. The Morgan fingerprint density at radius 3 is 2.69 bits per heavy atom. The number of morpholine rings is 1. The highest BCUT2D eigenvalue weighted by atomic mass is 16.5. The second-order valence-corrected chi connectivity index (χ2v) is 8.84. The van der Waals surface area contributed by atoms with Crippen LogP contribution < -0.4 is 20.9 Å². The second-order valence-electron chi connectivity index (χ2n) is 8.84. The molecule has 0 atom stereocenters. The van der Waals surface area contributed by atoms with Gasteiger partial charge in [0.2, 0.25) is 5.95 Å². The van der Waals surface area contributed by atoms with Crippen LogP contribution in [-0.2, 0) is 17.7 Å². The Hall–Kier alpha value is -2.97. The van der Waals surface area contributed by atoms with Crippen LogP contribution in [0.15, 0.2) is 40.9 Å². The number of hydrogen-bond acceptors (Lipinski definition) is 8. The number of amidine groups is 1. The standard InChI is InChI=1S/C24H29N7O/c1-2-16(1)17-13-22(26-14-17)29-23-20-7-8-25-15-21(20)28-24(30-23)27-18-3-5-19(6-4-18)31-9-11-32-12-10-31/h3-6,13,16,25H,1-2,7-12,14-15H2,(H2,26,27,28,29,30). The van der Waals surface area contributed by atoms with E-state index in [1.54, 1.807) is 0 Å². The zero-order chi connectivity index (χ0) is 21.3. The molecule has 1 aromatic carbocycles. The van der Waals surface area contributed by atoms with Crippen LogP contribution >= 0.6 is 0 Å². The fraction of sp³-hybridized carbons (Fsp3) is 0.458. The molecule has 6 rings (SSSR count). The topological polar surface area (TPSA) is 86.7 Å². The van der Waals surface area contributed by atoms with E-state index in [4.69, 9.17) is 19.7 Å². The SMILES string of the molecule is C1=C(C2CC2)CN=C1Nc1nc(Nc2ccc(N3CCOCC3)cc2)nc2c1CCNC2. The normalized spacial score (nSPS) is 20.4.